The van der Waals surface area contributed by atoms with Crippen LogP contribution in [0.5, 0.6) is 0 Å². The topological polar surface area (TPSA) is 83.6 Å². The number of nitrogens with zero attached hydrogens (tertiary/aromatic N) is 3. The van der Waals surface area contributed by atoms with Crippen LogP contribution in [0.4, 0.5) is 5.95 Å². The van der Waals surface area contributed by atoms with Crippen molar-refractivity contribution in [1.29, 1.82) is 0 Å². The average Bonchev–Trinajstić information content (AvgIpc) is 2.84. The Labute approximate surface area is 115 Å². The van der Waals surface area contributed by atoms with Crippen molar-refractivity contribution in [3.63, 3.8) is 0 Å². The second-order valence-corrected chi connectivity index (χ2v) is 4.93. The number of nitrogens with one attached hydrogen (secondary N) is 2. The number of carbonyl (C=O) groups excluding carboxylic acids is 1. The number of aromatic amines is 1. The number of rotatable bonds is 4. The lowest BCUT2D eigenvalue weighted by Gasteiger charge is -2.19. The molecule has 1 aromatic carbocycles. The highest BCUT2D eigenvalue weighted by atomic mass is 35.5. The van der Waals surface area contributed by atoms with Gasteiger partial charge in [0.05, 0.1) is 5.92 Å². The van der Waals surface area contributed by atoms with Gasteiger partial charge in [-0.15, -0.1) is 5.10 Å². The van der Waals surface area contributed by atoms with Gasteiger partial charge in [0.2, 0.25) is 5.91 Å². The van der Waals surface area contributed by atoms with Gasteiger partial charge in [0.25, 0.3) is 5.95 Å². The highest BCUT2D eigenvalue weighted by Gasteiger charge is 2.25. The van der Waals surface area contributed by atoms with Gasteiger partial charge in [-0.2, -0.15) is 5.21 Å². The number of amides is 1. The molecule has 2 N–H and O–H groups in total. The third-order valence-corrected chi connectivity index (χ3v) is 3.01. The molecule has 0 radical (unpaired) electrons. The number of H-pyrrole nitrogens is 1. The highest BCUT2D eigenvalue weighted by Crippen LogP contribution is 2.26. The summed E-state index contributed by atoms with van der Waals surface area (Å²) in [6.45, 7) is 3.96. The molecule has 0 aliphatic rings. The van der Waals surface area contributed by atoms with Crippen LogP contribution in [-0.4, -0.2) is 26.5 Å². The van der Waals surface area contributed by atoms with Gasteiger partial charge in [-0.25, -0.2) is 0 Å². The minimum Gasteiger partial charge on any atom is -0.291 e. The maximum atomic E-state index is 12.3. The summed E-state index contributed by atoms with van der Waals surface area (Å²) >= 11 is 5.86. The van der Waals surface area contributed by atoms with Gasteiger partial charge in [0.1, 0.15) is 0 Å². The summed E-state index contributed by atoms with van der Waals surface area (Å²) in [5.41, 5.74) is 0.903. The number of halogens is 1. The van der Waals surface area contributed by atoms with E-state index >= 15 is 0 Å². The zero-order valence-corrected chi connectivity index (χ0v) is 11.3. The quantitative estimate of drug-likeness (QED) is 0.899. The van der Waals surface area contributed by atoms with E-state index in [1.54, 1.807) is 12.1 Å². The molecule has 1 unspecified atom stereocenters. The molecule has 19 heavy (non-hydrogen) atoms. The van der Waals surface area contributed by atoms with Crippen LogP contribution in [0.3, 0.4) is 0 Å². The summed E-state index contributed by atoms with van der Waals surface area (Å²) in [4.78, 5) is 12.3. The Morgan fingerprint density at radius 1 is 1.32 bits per heavy atom. The van der Waals surface area contributed by atoms with Crippen molar-refractivity contribution in [2.45, 2.75) is 19.8 Å². The number of benzene rings is 1. The van der Waals surface area contributed by atoms with Gasteiger partial charge >= 0.3 is 0 Å². The number of hydrogen-bond acceptors (Lipinski definition) is 4. The van der Waals surface area contributed by atoms with E-state index in [-0.39, 0.29) is 23.7 Å². The van der Waals surface area contributed by atoms with E-state index in [0.717, 1.165) is 5.56 Å². The monoisotopic (exact) mass is 279 g/mol. The molecule has 1 heterocycles. The van der Waals surface area contributed by atoms with Crippen LogP contribution in [0.15, 0.2) is 24.3 Å². The number of tetrazole rings is 1. The van der Waals surface area contributed by atoms with Crippen molar-refractivity contribution >= 4 is 23.5 Å². The van der Waals surface area contributed by atoms with E-state index in [0.29, 0.717) is 5.02 Å². The minimum atomic E-state index is -0.296. The smallest absolute Gasteiger partial charge is 0.269 e. The summed E-state index contributed by atoms with van der Waals surface area (Å²) in [6, 6.07) is 7.24. The van der Waals surface area contributed by atoms with Gasteiger partial charge in [0, 0.05) is 5.02 Å². The van der Waals surface area contributed by atoms with Crippen LogP contribution in [0.2, 0.25) is 5.02 Å². The number of carbonyl (C=O) groups is 1. The fraction of sp³-hybridized carbons (Fsp3) is 0.333. The molecule has 7 heteroatoms. The SMILES string of the molecule is CC(C)C(C(=O)Nc1nn[nH]n1)c1ccc(Cl)cc1. The lowest BCUT2D eigenvalue weighted by molar-refractivity contribution is -0.118. The number of hydrogen-bond donors (Lipinski definition) is 2. The van der Waals surface area contributed by atoms with Gasteiger partial charge in [0.15, 0.2) is 0 Å². The molecule has 0 saturated carbocycles. The van der Waals surface area contributed by atoms with Crippen molar-refractivity contribution in [2.75, 3.05) is 5.32 Å². The Balaban J connectivity index is 2.20. The molecule has 2 rings (SSSR count). The molecular weight excluding hydrogens is 266 g/mol. The average molecular weight is 280 g/mol. The van der Waals surface area contributed by atoms with Crippen molar-refractivity contribution in [2.24, 2.45) is 5.92 Å². The molecule has 1 amide bonds. The zero-order chi connectivity index (χ0) is 13.8. The van der Waals surface area contributed by atoms with Gasteiger partial charge in [-0.05, 0) is 28.8 Å². The molecule has 1 aromatic heterocycles. The second kappa shape index (κ2) is 5.79. The largest absolute Gasteiger partial charge is 0.291 e. The van der Waals surface area contributed by atoms with Gasteiger partial charge in [-0.1, -0.05) is 42.7 Å². The number of aromatic nitrogens is 4. The maximum Gasteiger partial charge on any atom is 0.269 e. The molecule has 100 valence electrons. The molecule has 1 atom stereocenters. The second-order valence-electron chi connectivity index (χ2n) is 4.50. The summed E-state index contributed by atoms with van der Waals surface area (Å²) in [7, 11) is 0. The molecule has 0 aliphatic heterocycles. The van der Waals surface area contributed by atoms with Crippen LogP contribution < -0.4 is 5.32 Å². The standard InChI is InChI=1S/C12H14ClN5O/c1-7(2)10(8-3-5-9(13)6-4-8)11(19)14-12-15-17-18-16-12/h3-7,10H,1-2H3,(H2,14,15,16,17,18,19). The first kappa shape index (κ1) is 13.5. The Hall–Kier alpha value is -1.95. The van der Waals surface area contributed by atoms with E-state index in [1.165, 1.54) is 0 Å². The molecule has 2 aromatic rings. The fourth-order valence-electron chi connectivity index (χ4n) is 1.91. The van der Waals surface area contributed by atoms with E-state index in [4.69, 9.17) is 11.6 Å². The molecular formula is C12H14ClN5O. The molecule has 0 fully saturated rings. The maximum absolute atomic E-state index is 12.3. The Bertz CT molecular complexity index is 538. The fourth-order valence-corrected chi connectivity index (χ4v) is 2.04. The van der Waals surface area contributed by atoms with Gasteiger partial charge in [-0.3, -0.25) is 10.1 Å². The minimum absolute atomic E-state index is 0.132. The predicted molar refractivity (Wildman–Crippen MR) is 71.8 cm³/mol. The van der Waals surface area contributed by atoms with Crippen LogP contribution in [0.1, 0.15) is 25.3 Å². The highest BCUT2D eigenvalue weighted by molar-refractivity contribution is 6.30. The molecule has 0 saturated heterocycles. The first-order valence-electron chi connectivity index (χ1n) is 5.87. The Kier molecular flexibility index (Phi) is 4.11. The number of anilines is 1. The summed E-state index contributed by atoms with van der Waals surface area (Å²) in [5, 5.41) is 16.4. The Morgan fingerprint density at radius 3 is 2.53 bits per heavy atom. The first-order valence-corrected chi connectivity index (χ1v) is 6.25. The Morgan fingerprint density at radius 2 is 2.00 bits per heavy atom. The normalized spacial score (nSPS) is 12.4. The molecule has 0 aliphatic carbocycles. The third-order valence-electron chi connectivity index (χ3n) is 2.76. The van der Waals surface area contributed by atoms with Crippen LogP contribution >= 0.6 is 11.6 Å². The van der Waals surface area contributed by atoms with Crippen molar-refractivity contribution < 1.29 is 4.79 Å². The van der Waals surface area contributed by atoms with Crippen molar-refractivity contribution in [1.82, 2.24) is 20.6 Å². The van der Waals surface area contributed by atoms with Crippen LogP contribution in [0.25, 0.3) is 0 Å². The van der Waals surface area contributed by atoms with Crippen molar-refractivity contribution in [3.8, 4) is 0 Å². The third kappa shape index (κ3) is 3.29. The molecule has 0 spiro atoms. The summed E-state index contributed by atoms with van der Waals surface area (Å²) in [5.74, 6) is -0.160. The van der Waals surface area contributed by atoms with Crippen LogP contribution in [0, 0.1) is 5.92 Å². The van der Waals surface area contributed by atoms with E-state index < -0.39 is 0 Å². The van der Waals surface area contributed by atoms with E-state index in [9.17, 15) is 4.79 Å². The molecule has 0 bridgehead atoms. The van der Waals surface area contributed by atoms with Gasteiger partial charge < -0.3 is 0 Å². The lowest BCUT2D eigenvalue weighted by atomic mass is 9.88. The zero-order valence-electron chi connectivity index (χ0n) is 10.6. The summed E-state index contributed by atoms with van der Waals surface area (Å²) < 4.78 is 0. The van der Waals surface area contributed by atoms with Crippen molar-refractivity contribution in [3.05, 3.63) is 34.9 Å². The van der Waals surface area contributed by atoms with Crippen LogP contribution in [-0.2, 0) is 4.79 Å². The first-order chi connectivity index (χ1) is 9.08. The lowest BCUT2D eigenvalue weighted by Crippen LogP contribution is -2.25. The van der Waals surface area contributed by atoms with E-state index in [2.05, 4.69) is 25.9 Å². The molecule has 6 nitrogen and oxygen atoms in total. The summed E-state index contributed by atoms with van der Waals surface area (Å²) in [6.07, 6.45) is 0. The van der Waals surface area contributed by atoms with E-state index in [1.807, 2.05) is 26.0 Å². The predicted octanol–water partition coefficient (Wildman–Crippen LogP) is 2.23.